The van der Waals surface area contributed by atoms with Gasteiger partial charge < -0.3 is 9.47 Å². The fraction of sp³-hybridized carbons (Fsp3) is 0.111. The quantitative estimate of drug-likeness (QED) is 0.718. The molecule has 0 spiro atoms. The van der Waals surface area contributed by atoms with E-state index in [9.17, 15) is 0 Å². The highest BCUT2D eigenvalue weighted by molar-refractivity contribution is 5.56. The normalized spacial score (nSPS) is 10.2. The van der Waals surface area contributed by atoms with Crippen LogP contribution >= 0.6 is 0 Å². The maximum atomic E-state index is 5.76. The van der Waals surface area contributed by atoms with Gasteiger partial charge in [0.2, 0.25) is 0 Å². The summed E-state index contributed by atoms with van der Waals surface area (Å²) in [6.45, 7) is 0.555. The largest absolute Gasteiger partial charge is 0.494 e. The molecule has 1 aromatic heterocycles. The molecule has 0 amide bonds. The lowest BCUT2D eigenvalue weighted by Gasteiger charge is -2.07. The van der Waals surface area contributed by atoms with Gasteiger partial charge in [-0.25, -0.2) is 9.97 Å². The number of hydrogen-bond donors (Lipinski definition) is 0. The highest BCUT2D eigenvalue weighted by Crippen LogP contribution is 2.20. The van der Waals surface area contributed by atoms with Crippen molar-refractivity contribution in [3.8, 4) is 22.9 Å². The number of aromatic nitrogens is 2. The maximum Gasteiger partial charge on any atom is 0.159 e. The van der Waals surface area contributed by atoms with E-state index in [-0.39, 0.29) is 0 Å². The van der Waals surface area contributed by atoms with Gasteiger partial charge in [-0.1, -0.05) is 30.3 Å². The summed E-state index contributed by atoms with van der Waals surface area (Å²) in [5.41, 5.74) is 2.08. The highest BCUT2D eigenvalue weighted by Gasteiger charge is 2.02. The molecular weight excluding hydrogens is 276 g/mol. The highest BCUT2D eigenvalue weighted by atomic mass is 16.5. The van der Waals surface area contributed by atoms with Gasteiger partial charge in [-0.2, -0.15) is 0 Å². The van der Waals surface area contributed by atoms with Crippen LogP contribution in [0.5, 0.6) is 11.5 Å². The molecule has 0 N–H and O–H groups in total. The van der Waals surface area contributed by atoms with Crippen LogP contribution in [0.4, 0.5) is 0 Å². The molecule has 0 radical (unpaired) electrons. The zero-order chi connectivity index (χ0) is 15.2. The van der Waals surface area contributed by atoms with E-state index in [1.807, 2.05) is 54.6 Å². The molecule has 2 aromatic carbocycles. The van der Waals surface area contributed by atoms with Gasteiger partial charge in [0.05, 0.1) is 19.5 Å². The van der Waals surface area contributed by atoms with Crippen molar-refractivity contribution in [3.05, 3.63) is 72.6 Å². The second kappa shape index (κ2) is 6.72. The van der Waals surface area contributed by atoms with Crippen LogP contribution in [0.25, 0.3) is 11.4 Å². The van der Waals surface area contributed by atoms with Crippen LogP contribution in [0.2, 0.25) is 0 Å². The smallest absolute Gasteiger partial charge is 0.159 e. The molecule has 3 aromatic rings. The molecule has 22 heavy (non-hydrogen) atoms. The van der Waals surface area contributed by atoms with E-state index in [0.29, 0.717) is 18.2 Å². The summed E-state index contributed by atoms with van der Waals surface area (Å²) in [4.78, 5) is 8.53. The molecule has 0 unspecified atom stereocenters. The minimum Gasteiger partial charge on any atom is -0.494 e. The van der Waals surface area contributed by atoms with E-state index in [2.05, 4.69) is 9.97 Å². The summed E-state index contributed by atoms with van der Waals surface area (Å²) in [6, 6.07) is 17.8. The van der Waals surface area contributed by atoms with Gasteiger partial charge in [-0.05, 0) is 29.8 Å². The van der Waals surface area contributed by atoms with E-state index in [0.717, 1.165) is 16.9 Å². The summed E-state index contributed by atoms with van der Waals surface area (Å²) in [5.74, 6) is 2.13. The van der Waals surface area contributed by atoms with Crippen LogP contribution in [-0.2, 0) is 6.61 Å². The van der Waals surface area contributed by atoms with Crippen LogP contribution in [-0.4, -0.2) is 17.1 Å². The summed E-state index contributed by atoms with van der Waals surface area (Å²) in [5, 5.41) is 0. The Balaban J connectivity index is 1.67. The Hall–Kier alpha value is -2.88. The van der Waals surface area contributed by atoms with Crippen molar-refractivity contribution in [1.82, 2.24) is 9.97 Å². The molecule has 0 bridgehead atoms. The number of nitrogens with zero attached hydrogens (tertiary/aromatic N) is 2. The first kappa shape index (κ1) is 14.1. The SMILES string of the molecule is COc1cnc(-c2ccc(OCc3ccccc3)cc2)nc1. The molecule has 0 fully saturated rings. The third-order valence-corrected chi connectivity index (χ3v) is 3.22. The van der Waals surface area contributed by atoms with Crippen molar-refractivity contribution in [3.63, 3.8) is 0 Å². The van der Waals surface area contributed by atoms with E-state index in [1.165, 1.54) is 0 Å². The van der Waals surface area contributed by atoms with E-state index >= 15 is 0 Å². The van der Waals surface area contributed by atoms with Gasteiger partial charge >= 0.3 is 0 Å². The Morgan fingerprint density at radius 2 is 1.50 bits per heavy atom. The lowest BCUT2D eigenvalue weighted by Crippen LogP contribution is -1.95. The number of methoxy groups -OCH3 is 1. The Kier molecular flexibility index (Phi) is 4.30. The van der Waals surface area contributed by atoms with Gasteiger partial charge in [0.15, 0.2) is 11.6 Å². The fourth-order valence-corrected chi connectivity index (χ4v) is 2.01. The number of rotatable bonds is 5. The maximum absolute atomic E-state index is 5.76. The molecule has 0 aliphatic carbocycles. The lowest BCUT2D eigenvalue weighted by molar-refractivity contribution is 0.306. The monoisotopic (exact) mass is 292 g/mol. The Bertz CT molecular complexity index is 710. The van der Waals surface area contributed by atoms with Crippen molar-refractivity contribution in [2.45, 2.75) is 6.61 Å². The molecular formula is C18H16N2O2. The van der Waals surface area contributed by atoms with Crippen LogP contribution in [0, 0.1) is 0 Å². The minimum absolute atomic E-state index is 0.555. The predicted octanol–water partition coefficient (Wildman–Crippen LogP) is 3.73. The van der Waals surface area contributed by atoms with E-state index < -0.39 is 0 Å². The predicted molar refractivity (Wildman–Crippen MR) is 84.8 cm³/mol. The first-order chi connectivity index (χ1) is 10.8. The zero-order valence-corrected chi connectivity index (χ0v) is 12.3. The van der Waals surface area contributed by atoms with Crippen LogP contribution in [0.15, 0.2) is 67.0 Å². The molecule has 1 heterocycles. The number of ether oxygens (including phenoxy) is 2. The summed E-state index contributed by atoms with van der Waals surface area (Å²) >= 11 is 0. The third-order valence-electron chi connectivity index (χ3n) is 3.22. The molecule has 3 rings (SSSR count). The topological polar surface area (TPSA) is 44.2 Å². The average molecular weight is 292 g/mol. The van der Waals surface area contributed by atoms with Crippen LogP contribution in [0.1, 0.15) is 5.56 Å². The van der Waals surface area contributed by atoms with Crippen molar-refractivity contribution in [2.75, 3.05) is 7.11 Å². The standard InChI is InChI=1S/C18H16N2O2/c1-21-17-11-19-18(20-12-17)15-7-9-16(10-8-15)22-13-14-5-3-2-4-6-14/h2-12H,13H2,1H3. The Morgan fingerprint density at radius 1 is 0.818 bits per heavy atom. The van der Waals surface area contributed by atoms with Crippen molar-refractivity contribution in [2.24, 2.45) is 0 Å². The van der Waals surface area contributed by atoms with E-state index in [1.54, 1.807) is 19.5 Å². The molecule has 0 aliphatic rings. The Labute approximate surface area is 129 Å². The van der Waals surface area contributed by atoms with Gasteiger partial charge in [0.25, 0.3) is 0 Å². The fourth-order valence-electron chi connectivity index (χ4n) is 2.01. The van der Waals surface area contributed by atoms with Crippen molar-refractivity contribution >= 4 is 0 Å². The first-order valence-electron chi connectivity index (χ1n) is 6.98. The molecule has 4 nitrogen and oxygen atoms in total. The zero-order valence-electron chi connectivity index (χ0n) is 12.3. The second-order valence-electron chi connectivity index (χ2n) is 4.75. The van der Waals surface area contributed by atoms with Gasteiger partial charge in [-0.15, -0.1) is 0 Å². The van der Waals surface area contributed by atoms with Crippen LogP contribution < -0.4 is 9.47 Å². The average Bonchev–Trinajstić information content (AvgIpc) is 2.61. The Morgan fingerprint density at radius 3 is 2.14 bits per heavy atom. The molecule has 4 heteroatoms. The van der Waals surface area contributed by atoms with E-state index in [4.69, 9.17) is 9.47 Å². The van der Waals surface area contributed by atoms with Crippen molar-refractivity contribution in [1.29, 1.82) is 0 Å². The summed E-state index contributed by atoms with van der Waals surface area (Å²) in [6.07, 6.45) is 3.31. The summed E-state index contributed by atoms with van der Waals surface area (Å²) < 4.78 is 10.8. The first-order valence-corrected chi connectivity index (χ1v) is 6.98. The third kappa shape index (κ3) is 3.41. The lowest BCUT2D eigenvalue weighted by atomic mass is 10.2. The molecule has 0 saturated carbocycles. The minimum atomic E-state index is 0.555. The van der Waals surface area contributed by atoms with Gasteiger partial charge in [0.1, 0.15) is 12.4 Å². The number of hydrogen-bond acceptors (Lipinski definition) is 4. The molecule has 0 saturated heterocycles. The molecule has 0 aliphatic heterocycles. The van der Waals surface area contributed by atoms with Gasteiger partial charge in [-0.3, -0.25) is 0 Å². The number of benzene rings is 2. The van der Waals surface area contributed by atoms with Crippen LogP contribution in [0.3, 0.4) is 0 Å². The summed E-state index contributed by atoms with van der Waals surface area (Å²) in [7, 11) is 1.59. The molecule has 0 atom stereocenters. The van der Waals surface area contributed by atoms with Crippen molar-refractivity contribution < 1.29 is 9.47 Å². The molecule has 110 valence electrons. The van der Waals surface area contributed by atoms with Gasteiger partial charge in [0, 0.05) is 5.56 Å². The second-order valence-corrected chi connectivity index (χ2v) is 4.75.